The third kappa shape index (κ3) is 5.19. The molecule has 0 saturated carbocycles. The summed E-state index contributed by atoms with van der Waals surface area (Å²) in [4.78, 5) is 9.38. The Morgan fingerprint density at radius 3 is 2.62 bits per heavy atom. The van der Waals surface area contributed by atoms with Gasteiger partial charge < -0.3 is 14.6 Å². The van der Waals surface area contributed by atoms with E-state index < -0.39 is 19.7 Å². The van der Waals surface area contributed by atoms with Gasteiger partial charge in [-0.05, 0) is 0 Å². The van der Waals surface area contributed by atoms with E-state index in [9.17, 15) is 9.90 Å². The monoisotopic (exact) mass is 121 g/mol. The molecule has 8 heavy (non-hydrogen) atoms. The molecule has 47 valence electrons. The van der Waals surface area contributed by atoms with Crippen LogP contribution in [-0.4, -0.2) is 24.8 Å². The van der Waals surface area contributed by atoms with Crippen LogP contribution in [0.25, 0.3) is 0 Å². The first kappa shape index (κ1) is 7.19. The Labute approximate surface area is 45.4 Å². The van der Waals surface area contributed by atoms with Crippen molar-refractivity contribution < 1.29 is 24.5 Å². The number of hydrogen-bond donors (Lipinski definition) is 1. The third-order valence-corrected chi connectivity index (χ3v) is 0.351. The lowest BCUT2D eigenvalue weighted by molar-refractivity contribution is -0.0940. The molecule has 0 bridgehead atoms. The van der Waals surface area contributed by atoms with Crippen molar-refractivity contribution in [3.63, 3.8) is 0 Å². The molecule has 0 aliphatic heterocycles. The SMILES string of the molecule is [O]C(=O)OCOCO. The van der Waals surface area contributed by atoms with Crippen LogP contribution in [0.15, 0.2) is 0 Å². The van der Waals surface area contributed by atoms with Crippen LogP contribution in [0.2, 0.25) is 0 Å². The van der Waals surface area contributed by atoms with E-state index in [2.05, 4.69) is 9.47 Å². The van der Waals surface area contributed by atoms with Crippen LogP contribution in [-0.2, 0) is 14.6 Å². The van der Waals surface area contributed by atoms with Crippen LogP contribution in [0.1, 0.15) is 0 Å². The van der Waals surface area contributed by atoms with Crippen LogP contribution in [0.3, 0.4) is 0 Å². The predicted molar refractivity (Wildman–Crippen MR) is 20.2 cm³/mol. The maximum absolute atomic E-state index is 9.38. The molecule has 0 atom stereocenters. The van der Waals surface area contributed by atoms with E-state index in [4.69, 9.17) is 5.11 Å². The zero-order valence-electron chi connectivity index (χ0n) is 3.99. The second-order valence-corrected chi connectivity index (χ2v) is 0.845. The normalized spacial score (nSPS) is 8.62. The molecule has 0 aromatic heterocycles. The minimum Gasteiger partial charge on any atom is -0.404 e. The lowest BCUT2D eigenvalue weighted by Crippen LogP contribution is -2.04. The maximum atomic E-state index is 9.38. The maximum Gasteiger partial charge on any atom is 0.552 e. The van der Waals surface area contributed by atoms with Crippen molar-refractivity contribution in [2.24, 2.45) is 0 Å². The van der Waals surface area contributed by atoms with E-state index in [1.165, 1.54) is 0 Å². The first-order chi connectivity index (χ1) is 3.77. The van der Waals surface area contributed by atoms with Gasteiger partial charge in [-0.15, -0.1) is 0 Å². The molecule has 0 rings (SSSR count). The van der Waals surface area contributed by atoms with Crippen molar-refractivity contribution in [2.75, 3.05) is 13.6 Å². The average molecular weight is 121 g/mol. The minimum atomic E-state index is -1.67. The van der Waals surface area contributed by atoms with Crippen molar-refractivity contribution in [3.05, 3.63) is 0 Å². The van der Waals surface area contributed by atoms with Crippen molar-refractivity contribution in [1.82, 2.24) is 0 Å². The molecule has 5 nitrogen and oxygen atoms in total. The minimum absolute atomic E-state index is 0.487. The zero-order chi connectivity index (χ0) is 6.41. The Bertz CT molecular complexity index is 70.1. The quantitative estimate of drug-likeness (QED) is 0.309. The standard InChI is InChI=1S/C3H5O5/c4-1-7-2-8-3(5)6/h4H,1-2H2. The molecular formula is C3H5O5. The van der Waals surface area contributed by atoms with Crippen molar-refractivity contribution in [2.45, 2.75) is 0 Å². The van der Waals surface area contributed by atoms with E-state index in [1.807, 2.05) is 0 Å². The van der Waals surface area contributed by atoms with Crippen LogP contribution >= 0.6 is 0 Å². The van der Waals surface area contributed by atoms with E-state index in [0.717, 1.165) is 0 Å². The number of carbonyl (C=O) groups is 1. The highest BCUT2D eigenvalue weighted by Crippen LogP contribution is 1.76. The van der Waals surface area contributed by atoms with Gasteiger partial charge in [0, 0.05) is 0 Å². The summed E-state index contributed by atoms with van der Waals surface area (Å²) in [6, 6.07) is 0. The van der Waals surface area contributed by atoms with Crippen LogP contribution in [0.4, 0.5) is 4.79 Å². The fraction of sp³-hybridized carbons (Fsp3) is 0.667. The molecule has 1 radical (unpaired) electrons. The first-order valence-electron chi connectivity index (χ1n) is 1.79. The van der Waals surface area contributed by atoms with Gasteiger partial charge in [0.15, 0.2) is 6.79 Å². The summed E-state index contributed by atoms with van der Waals surface area (Å²) in [5.74, 6) is 0. The Balaban J connectivity index is 2.82. The van der Waals surface area contributed by atoms with Crippen molar-refractivity contribution in [1.29, 1.82) is 0 Å². The van der Waals surface area contributed by atoms with Gasteiger partial charge in [-0.25, -0.2) is 0 Å². The molecule has 0 aliphatic carbocycles. The van der Waals surface area contributed by atoms with Gasteiger partial charge >= 0.3 is 6.16 Å². The van der Waals surface area contributed by atoms with Gasteiger partial charge in [0.1, 0.15) is 6.79 Å². The Morgan fingerprint density at radius 1 is 1.62 bits per heavy atom. The summed E-state index contributed by atoms with van der Waals surface area (Å²) in [5.41, 5.74) is 0. The van der Waals surface area contributed by atoms with E-state index in [1.54, 1.807) is 0 Å². The van der Waals surface area contributed by atoms with Gasteiger partial charge in [-0.2, -0.15) is 9.90 Å². The number of hydrogen-bond acceptors (Lipinski definition) is 4. The Hall–Kier alpha value is -0.810. The second-order valence-electron chi connectivity index (χ2n) is 0.845. The smallest absolute Gasteiger partial charge is 0.404 e. The zero-order valence-corrected chi connectivity index (χ0v) is 3.99. The molecule has 0 spiro atoms. The highest BCUT2D eigenvalue weighted by atomic mass is 16.8. The summed E-state index contributed by atoms with van der Waals surface area (Å²) in [6.07, 6.45) is -1.67. The molecular weight excluding hydrogens is 116 g/mol. The molecule has 0 saturated heterocycles. The second kappa shape index (κ2) is 4.35. The molecule has 1 N–H and O–H groups in total. The molecule has 0 fully saturated rings. The van der Waals surface area contributed by atoms with Gasteiger partial charge in [0.25, 0.3) is 0 Å². The van der Waals surface area contributed by atoms with Crippen LogP contribution in [0.5, 0.6) is 0 Å². The summed E-state index contributed by atoms with van der Waals surface area (Å²) in [7, 11) is 0. The number of aliphatic hydroxyl groups is 1. The molecule has 0 amide bonds. The lowest BCUT2D eigenvalue weighted by atomic mass is 11.3. The topological polar surface area (TPSA) is 75.7 Å². The predicted octanol–water partition coefficient (Wildman–Crippen LogP) is -0.523. The van der Waals surface area contributed by atoms with Gasteiger partial charge in [0.2, 0.25) is 0 Å². The van der Waals surface area contributed by atoms with E-state index in [0.29, 0.717) is 0 Å². The van der Waals surface area contributed by atoms with E-state index >= 15 is 0 Å². The van der Waals surface area contributed by atoms with Crippen molar-refractivity contribution >= 4 is 6.16 Å². The molecule has 0 aliphatic rings. The van der Waals surface area contributed by atoms with Gasteiger partial charge in [0.05, 0.1) is 0 Å². The van der Waals surface area contributed by atoms with Crippen molar-refractivity contribution in [3.8, 4) is 0 Å². The number of ether oxygens (including phenoxy) is 2. The number of carbonyl (C=O) groups excluding carboxylic acids is 1. The molecule has 0 aromatic carbocycles. The Morgan fingerprint density at radius 2 is 2.25 bits per heavy atom. The highest BCUT2D eigenvalue weighted by molar-refractivity contribution is 5.55. The first-order valence-corrected chi connectivity index (χ1v) is 1.79. The highest BCUT2D eigenvalue weighted by Gasteiger charge is 1.95. The molecule has 0 aromatic rings. The van der Waals surface area contributed by atoms with E-state index in [-0.39, 0.29) is 0 Å². The fourth-order valence-electron chi connectivity index (χ4n) is 0.127. The summed E-state index contributed by atoms with van der Waals surface area (Å²) >= 11 is 0. The summed E-state index contributed by atoms with van der Waals surface area (Å²) in [5, 5.41) is 17.2. The Kier molecular flexibility index (Phi) is 3.91. The molecule has 5 heteroatoms. The van der Waals surface area contributed by atoms with Gasteiger partial charge in [-0.1, -0.05) is 0 Å². The summed E-state index contributed by atoms with van der Waals surface area (Å²) < 4.78 is 7.76. The molecule has 0 heterocycles. The molecule has 0 unspecified atom stereocenters. The van der Waals surface area contributed by atoms with Gasteiger partial charge in [-0.3, -0.25) is 0 Å². The fourth-order valence-corrected chi connectivity index (χ4v) is 0.127. The lowest BCUT2D eigenvalue weighted by Gasteiger charge is -1.94. The third-order valence-electron chi connectivity index (χ3n) is 0.351. The number of rotatable bonds is 3. The van der Waals surface area contributed by atoms with Crippen LogP contribution in [0, 0.1) is 0 Å². The van der Waals surface area contributed by atoms with Crippen LogP contribution < -0.4 is 0 Å². The largest absolute Gasteiger partial charge is 0.552 e. The average Bonchev–Trinajstić information content (AvgIpc) is 1.66. The number of aliphatic hydroxyl groups excluding tert-OH is 1. The summed E-state index contributed by atoms with van der Waals surface area (Å²) in [6.45, 7) is -1.05.